The molecule has 1 heterocycles. The van der Waals surface area contributed by atoms with Gasteiger partial charge in [-0.15, -0.1) is 0 Å². The van der Waals surface area contributed by atoms with Crippen LogP contribution in [0.3, 0.4) is 0 Å². The van der Waals surface area contributed by atoms with Gasteiger partial charge in [0.05, 0.1) is 14.2 Å². The molecular formula is C18H23NO3S. The SMILES string of the molecule is CCN(Cc1ccc(OC)c(OC)c1)C(=O)CCc1ccsc1. The van der Waals surface area contributed by atoms with Gasteiger partial charge in [-0.3, -0.25) is 4.79 Å². The van der Waals surface area contributed by atoms with Gasteiger partial charge in [0.25, 0.3) is 0 Å². The average molecular weight is 333 g/mol. The van der Waals surface area contributed by atoms with E-state index in [-0.39, 0.29) is 5.91 Å². The Bertz CT molecular complexity index is 625. The van der Waals surface area contributed by atoms with Crippen molar-refractivity contribution in [2.75, 3.05) is 20.8 Å². The zero-order valence-electron chi connectivity index (χ0n) is 13.9. The summed E-state index contributed by atoms with van der Waals surface area (Å²) < 4.78 is 10.6. The van der Waals surface area contributed by atoms with Crippen LogP contribution in [0.4, 0.5) is 0 Å². The molecule has 0 fully saturated rings. The minimum absolute atomic E-state index is 0.175. The van der Waals surface area contributed by atoms with Crippen LogP contribution in [0.1, 0.15) is 24.5 Å². The molecule has 1 aromatic heterocycles. The van der Waals surface area contributed by atoms with Crippen LogP contribution in [0.15, 0.2) is 35.0 Å². The summed E-state index contributed by atoms with van der Waals surface area (Å²) in [6.45, 7) is 3.28. The number of nitrogens with zero attached hydrogens (tertiary/aromatic N) is 1. The molecule has 1 aromatic carbocycles. The zero-order chi connectivity index (χ0) is 16.7. The number of hydrogen-bond donors (Lipinski definition) is 0. The van der Waals surface area contributed by atoms with Crippen LogP contribution in [0.5, 0.6) is 11.5 Å². The summed E-state index contributed by atoms with van der Waals surface area (Å²) in [6, 6.07) is 7.84. The van der Waals surface area contributed by atoms with E-state index in [0.29, 0.717) is 31.0 Å². The molecule has 2 rings (SSSR count). The first-order chi connectivity index (χ1) is 11.2. The molecule has 0 aliphatic carbocycles. The normalized spacial score (nSPS) is 10.4. The second-order valence-electron chi connectivity index (χ2n) is 5.23. The molecule has 0 bridgehead atoms. The van der Waals surface area contributed by atoms with Crippen molar-refractivity contribution in [2.24, 2.45) is 0 Å². The van der Waals surface area contributed by atoms with Gasteiger partial charge >= 0.3 is 0 Å². The number of benzene rings is 1. The molecule has 0 aliphatic heterocycles. The summed E-state index contributed by atoms with van der Waals surface area (Å²) in [5.41, 5.74) is 2.26. The van der Waals surface area contributed by atoms with Crippen molar-refractivity contribution >= 4 is 17.2 Å². The van der Waals surface area contributed by atoms with E-state index in [1.165, 1.54) is 5.56 Å². The highest BCUT2D eigenvalue weighted by molar-refractivity contribution is 7.07. The van der Waals surface area contributed by atoms with E-state index in [4.69, 9.17) is 9.47 Å². The van der Waals surface area contributed by atoms with Gasteiger partial charge in [0.2, 0.25) is 5.91 Å². The highest BCUT2D eigenvalue weighted by Gasteiger charge is 2.14. The predicted molar refractivity (Wildman–Crippen MR) is 93.3 cm³/mol. The lowest BCUT2D eigenvalue weighted by Gasteiger charge is -2.21. The van der Waals surface area contributed by atoms with Crippen molar-refractivity contribution in [3.63, 3.8) is 0 Å². The fourth-order valence-electron chi connectivity index (χ4n) is 2.42. The van der Waals surface area contributed by atoms with Crippen LogP contribution in [-0.4, -0.2) is 31.6 Å². The molecule has 0 atom stereocenters. The topological polar surface area (TPSA) is 38.8 Å². The van der Waals surface area contributed by atoms with E-state index in [0.717, 1.165) is 12.0 Å². The maximum atomic E-state index is 12.4. The van der Waals surface area contributed by atoms with E-state index >= 15 is 0 Å². The monoisotopic (exact) mass is 333 g/mol. The maximum Gasteiger partial charge on any atom is 0.223 e. The molecule has 0 N–H and O–H groups in total. The third kappa shape index (κ3) is 4.73. The van der Waals surface area contributed by atoms with Crippen molar-refractivity contribution in [1.29, 1.82) is 0 Å². The van der Waals surface area contributed by atoms with Crippen molar-refractivity contribution in [3.05, 3.63) is 46.2 Å². The van der Waals surface area contributed by atoms with Gasteiger partial charge in [-0.1, -0.05) is 6.07 Å². The quantitative estimate of drug-likeness (QED) is 0.738. The van der Waals surface area contributed by atoms with Crippen LogP contribution in [0.25, 0.3) is 0 Å². The predicted octanol–water partition coefficient (Wildman–Crippen LogP) is 3.75. The molecule has 0 saturated carbocycles. The van der Waals surface area contributed by atoms with E-state index in [1.54, 1.807) is 25.6 Å². The number of aryl methyl sites for hydroxylation is 1. The lowest BCUT2D eigenvalue weighted by atomic mass is 10.1. The molecule has 4 nitrogen and oxygen atoms in total. The van der Waals surface area contributed by atoms with Crippen LogP contribution >= 0.6 is 11.3 Å². The van der Waals surface area contributed by atoms with Gasteiger partial charge in [-0.05, 0) is 53.4 Å². The van der Waals surface area contributed by atoms with Gasteiger partial charge in [0.15, 0.2) is 11.5 Å². The number of carbonyl (C=O) groups is 1. The highest BCUT2D eigenvalue weighted by Crippen LogP contribution is 2.28. The molecule has 0 unspecified atom stereocenters. The highest BCUT2D eigenvalue weighted by atomic mass is 32.1. The summed E-state index contributed by atoms with van der Waals surface area (Å²) in [5.74, 6) is 1.56. The first-order valence-electron chi connectivity index (χ1n) is 7.67. The number of rotatable bonds is 8. The zero-order valence-corrected chi connectivity index (χ0v) is 14.7. The van der Waals surface area contributed by atoms with Crippen molar-refractivity contribution in [3.8, 4) is 11.5 Å². The summed E-state index contributed by atoms with van der Waals surface area (Å²) in [5, 5.41) is 4.14. The van der Waals surface area contributed by atoms with Crippen LogP contribution in [-0.2, 0) is 17.8 Å². The molecule has 2 aromatic rings. The Balaban J connectivity index is 1.99. The Hall–Kier alpha value is -2.01. The van der Waals surface area contributed by atoms with E-state index in [9.17, 15) is 4.79 Å². The first kappa shape index (κ1) is 17.3. The van der Waals surface area contributed by atoms with Crippen LogP contribution in [0.2, 0.25) is 0 Å². The number of ether oxygens (including phenoxy) is 2. The summed E-state index contributed by atoms with van der Waals surface area (Å²) >= 11 is 1.66. The molecule has 124 valence electrons. The fraction of sp³-hybridized carbons (Fsp3) is 0.389. The maximum absolute atomic E-state index is 12.4. The molecule has 1 amide bonds. The standard InChI is InChI=1S/C18H23NO3S/c1-4-19(18(20)8-6-14-9-10-23-13-14)12-15-5-7-16(21-2)17(11-15)22-3/h5,7,9-11,13H,4,6,8,12H2,1-3H3. The van der Waals surface area contributed by atoms with Crippen LogP contribution in [0, 0.1) is 0 Å². The fourth-order valence-corrected chi connectivity index (χ4v) is 3.12. The Labute approximate surface area is 141 Å². The number of carbonyl (C=O) groups excluding carboxylic acids is 1. The number of methoxy groups -OCH3 is 2. The van der Waals surface area contributed by atoms with Gasteiger partial charge in [0.1, 0.15) is 0 Å². The summed E-state index contributed by atoms with van der Waals surface area (Å²) in [4.78, 5) is 14.3. The van der Waals surface area contributed by atoms with Gasteiger partial charge in [-0.25, -0.2) is 0 Å². The number of amides is 1. The third-order valence-corrected chi connectivity index (χ3v) is 4.50. The van der Waals surface area contributed by atoms with Gasteiger partial charge < -0.3 is 14.4 Å². The largest absolute Gasteiger partial charge is 0.493 e. The number of thiophene rings is 1. The van der Waals surface area contributed by atoms with Gasteiger partial charge in [-0.2, -0.15) is 11.3 Å². The third-order valence-electron chi connectivity index (χ3n) is 3.76. The van der Waals surface area contributed by atoms with Crippen molar-refractivity contribution < 1.29 is 14.3 Å². The second-order valence-corrected chi connectivity index (χ2v) is 6.01. The minimum atomic E-state index is 0.175. The molecular weight excluding hydrogens is 310 g/mol. The Morgan fingerprint density at radius 2 is 1.91 bits per heavy atom. The molecule has 0 radical (unpaired) electrons. The minimum Gasteiger partial charge on any atom is -0.493 e. The second kappa shape index (κ2) is 8.58. The average Bonchev–Trinajstić information content (AvgIpc) is 3.10. The molecule has 0 saturated heterocycles. The first-order valence-corrected chi connectivity index (χ1v) is 8.62. The Morgan fingerprint density at radius 3 is 2.52 bits per heavy atom. The lowest BCUT2D eigenvalue weighted by Crippen LogP contribution is -2.30. The van der Waals surface area contributed by atoms with Crippen molar-refractivity contribution in [1.82, 2.24) is 4.90 Å². The molecule has 5 heteroatoms. The summed E-state index contributed by atoms with van der Waals surface area (Å²) in [6.07, 6.45) is 1.34. The Kier molecular flexibility index (Phi) is 6.47. The van der Waals surface area contributed by atoms with Crippen LogP contribution < -0.4 is 9.47 Å². The molecule has 0 aliphatic rings. The molecule has 23 heavy (non-hydrogen) atoms. The van der Waals surface area contributed by atoms with E-state index < -0.39 is 0 Å². The number of hydrogen-bond acceptors (Lipinski definition) is 4. The smallest absolute Gasteiger partial charge is 0.223 e. The van der Waals surface area contributed by atoms with Gasteiger partial charge in [0, 0.05) is 19.5 Å². The Morgan fingerprint density at radius 1 is 1.13 bits per heavy atom. The lowest BCUT2D eigenvalue weighted by molar-refractivity contribution is -0.131. The van der Waals surface area contributed by atoms with E-state index in [1.807, 2.05) is 35.4 Å². The van der Waals surface area contributed by atoms with E-state index in [2.05, 4.69) is 11.4 Å². The van der Waals surface area contributed by atoms with Crippen molar-refractivity contribution in [2.45, 2.75) is 26.3 Å². The summed E-state index contributed by atoms with van der Waals surface area (Å²) in [7, 11) is 3.23. The molecule has 0 spiro atoms.